The van der Waals surface area contributed by atoms with Gasteiger partial charge in [-0.1, -0.05) is 6.07 Å². The quantitative estimate of drug-likeness (QED) is 0.707. The highest BCUT2D eigenvalue weighted by atomic mass is 19.1. The first-order chi connectivity index (χ1) is 15.6. The Bertz CT molecular complexity index is 1180. The molecule has 1 atom stereocenters. The summed E-state index contributed by atoms with van der Waals surface area (Å²) in [5, 5.41) is 2.85. The van der Waals surface area contributed by atoms with Crippen LogP contribution in [-0.2, 0) is 16.1 Å². The third-order valence-electron chi connectivity index (χ3n) is 5.68. The fourth-order valence-electron chi connectivity index (χ4n) is 3.97. The van der Waals surface area contributed by atoms with Crippen LogP contribution in [0.2, 0.25) is 0 Å². The maximum absolute atomic E-state index is 13.3. The molecule has 33 heavy (non-hydrogen) atoms. The van der Waals surface area contributed by atoms with E-state index in [9.17, 15) is 14.0 Å². The summed E-state index contributed by atoms with van der Waals surface area (Å²) in [6.07, 6.45) is -0.298. The summed E-state index contributed by atoms with van der Waals surface area (Å²) in [6.45, 7) is 13.7. The van der Waals surface area contributed by atoms with Crippen molar-refractivity contribution < 1.29 is 18.7 Å². The summed E-state index contributed by atoms with van der Waals surface area (Å²) >= 11 is 0. The summed E-state index contributed by atoms with van der Waals surface area (Å²) in [6, 6.07) is 11.6. The fourth-order valence-corrected chi connectivity index (χ4v) is 3.97. The first kappa shape index (κ1) is 22.5. The summed E-state index contributed by atoms with van der Waals surface area (Å²) in [5.41, 5.74) is 1.90. The van der Waals surface area contributed by atoms with Gasteiger partial charge in [0, 0.05) is 23.4 Å². The molecule has 2 amide bonds. The molecule has 2 aliphatic heterocycles. The van der Waals surface area contributed by atoms with Gasteiger partial charge in [-0.15, -0.1) is 0 Å². The highest BCUT2D eigenvalue weighted by molar-refractivity contribution is 6.15. The molecule has 2 aromatic rings. The van der Waals surface area contributed by atoms with Gasteiger partial charge in [-0.2, -0.15) is 0 Å². The smallest absolute Gasteiger partial charge is 0.410 e. The molecule has 0 bridgehead atoms. The van der Waals surface area contributed by atoms with Gasteiger partial charge in [0.15, 0.2) is 0 Å². The van der Waals surface area contributed by atoms with Crippen molar-refractivity contribution in [2.24, 2.45) is 4.99 Å². The number of ether oxygens (including phenoxy) is 1. The fraction of sp³-hybridized carbons (Fsp3) is 0.360. The van der Waals surface area contributed by atoms with Crippen molar-refractivity contribution in [3.63, 3.8) is 0 Å². The van der Waals surface area contributed by atoms with E-state index in [1.807, 2.05) is 12.1 Å². The molecule has 2 aliphatic rings. The molecule has 0 aliphatic carbocycles. The van der Waals surface area contributed by atoms with Crippen LogP contribution in [0, 0.1) is 12.4 Å². The van der Waals surface area contributed by atoms with Crippen molar-refractivity contribution in [2.75, 3.05) is 18.4 Å². The number of likely N-dealkylation sites (tertiary alicyclic amines) is 1. The van der Waals surface area contributed by atoms with Crippen LogP contribution < -0.4 is 5.32 Å². The molecule has 1 fully saturated rings. The van der Waals surface area contributed by atoms with E-state index in [0.29, 0.717) is 12.2 Å². The molecule has 4 rings (SSSR count). The number of anilines is 1. The lowest BCUT2D eigenvalue weighted by atomic mass is 9.97. The Kier molecular flexibility index (Phi) is 5.66. The van der Waals surface area contributed by atoms with Gasteiger partial charge in [0.1, 0.15) is 18.0 Å². The number of hydrogen-bond acceptors (Lipinski definition) is 4. The van der Waals surface area contributed by atoms with Crippen LogP contribution in [0.1, 0.15) is 43.9 Å². The van der Waals surface area contributed by atoms with E-state index in [0.717, 1.165) is 22.4 Å². The first-order valence-corrected chi connectivity index (χ1v) is 10.7. The molecule has 1 saturated heterocycles. The van der Waals surface area contributed by atoms with Gasteiger partial charge >= 0.3 is 17.5 Å². The number of amides is 2. The Balaban J connectivity index is 1.50. The van der Waals surface area contributed by atoms with Crippen molar-refractivity contribution in [1.29, 1.82) is 0 Å². The molecule has 7 nitrogen and oxygen atoms in total. The maximum atomic E-state index is 13.3. The van der Waals surface area contributed by atoms with E-state index in [1.165, 1.54) is 17.0 Å². The largest absolute Gasteiger partial charge is 0.444 e. The molecular weight excluding hydrogens is 423 g/mol. The Morgan fingerprint density at radius 2 is 1.94 bits per heavy atom. The minimum Gasteiger partial charge on any atom is -0.444 e. The summed E-state index contributed by atoms with van der Waals surface area (Å²) in [4.78, 5) is 35.1. The summed E-state index contributed by atoms with van der Waals surface area (Å²) in [7, 11) is 0. The standard InChI is InChI=1S/C25H25FN4O3/c1-24(2,3)33-23(32)30-12-11-25(15-30,27-4)22(31)29-19-10-7-17-14-28-21(20(17)13-19)16-5-8-18(26)9-6-16/h5-10,13H,11-12,14-15H2,1-3H3,(H,29,31). The van der Waals surface area contributed by atoms with Crippen molar-refractivity contribution in [2.45, 2.75) is 44.9 Å². The van der Waals surface area contributed by atoms with Gasteiger partial charge in [-0.3, -0.25) is 19.5 Å². The number of nitrogens with zero attached hydrogens (tertiary/aromatic N) is 3. The molecule has 0 radical (unpaired) electrons. The van der Waals surface area contributed by atoms with E-state index >= 15 is 0 Å². The minimum atomic E-state index is -1.37. The number of carbonyl (C=O) groups is 2. The average Bonchev–Trinajstić information content (AvgIpc) is 3.38. The molecule has 8 heteroatoms. The molecule has 2 aromatic carbocycles. The van der Waals surface area contributed by atoms with Crippen LogP contribution in [0.3, 0.4) is 0 Å². The van der Waals surface area contributed by atoms with E-state index < -0.39 is 23.1 Å². The lowest BCUT2D eigenvalue weighted by molar-refractivity contribution is -0.119. The maximum Gasteiger partial charge on any atom is 0.410 e. The zero-order valence-electron chi connectivity index (χ0n) is 18.8. The van der Waals surface area contributed by atoms with E-state index in [-0.39, 0.29) is 25.3 Å². The SMILES string of the molecule is [C-]#[N+]C1(C(=O)Nc2ccc3c(c2)C(c2ccc(F)cc2)=NC3)CCN(C(=O)OC(C)(C)C)C1. The number of fused-ring (bicyclic) bond motifs is 1. The Morgan fingerprint density at radius 1 is 1.21 bits per heavy atom. The van der Waals surface area contributed by atoms with Crippen LogP contribution in [0.4, 0.5) is 14.9 Å². The number of rotatable bonds is 3. The second-order valence-corrected chi connectivity index (χ2v) is 9.29. The van der Waals surface area contributed by atoms with Gasteiger partial charge in [-0.05, 0) is 62.7 Å². The van der Waals surface area contributed by atoms with Gasteiger partial charge in [0.25, 0.3) is 0 Å². The topological polar surface area (TPSA) is 75.4 Å². The lowest BCUT2D eigenvalue weighted by Crippen LogP contribution is -2.44. The third kappa shape index (κ3) is 4.58. The number of halogens is 1. The molecule has 170 valence electrons. The normalized spacial score (nSPS) is 19.5. The predicted molar refractivity (Wildman–Crippen MR) is 123 cm³/mol. The average molecular weight is 448 g/mol. The molecule has 0 aromatic heterocycles. The van der Waals surface area contributed by atoms with Crippen LogP contribution >= 0.6 is 0 Å². The zero-order chi connectivity index (χ0) is 23.8. The Labute approximate surface area is 192 Å². The lowest BCUT2D eigenvalue weighted by Gasteiger charge is -2.24. The van der Waals surface area contributed by atoms with Crippen LogP contribution in [0.15, 0.2) is 47.5 Å². The van der Waals surface area contributed by atoms with Gasteiger partial charge in [0.05, 0.1) is 18.7 Å². The van der Waals surface area contributed by atoms with E-state index in [1.54, 1.807) is 39.0 Å². The molecule has 2 heterocycles. The number of hydrogen-bond donors (Lipinski definition) is 1. The van der Waals surface area contributed by atoms with Gasteiger partial charge in [0.2, 0.25) is 0 Å². The van der Waals surface area contributed by atoms with Crippen LogP contribution in [0.25, 0.3) is 4.85 Å². The highest BCUT2D eigenvalue weighted by Crippen LogP contribution is 2.31. The minimum absolute atomic E-state index is 0.0233. The number of carbonyl (C=O) groups excluding carboxylic acids is 2. The molecule has 1 unspecified atom stereocenters. The molecule has 0 saturated carbocycles. The predicted octanol–water partition coefficient (Wildman–Crippen LogP) is 4.41. The van der Waals surface area contributed by atoms with Crippen LogP contribution in [-0.4, -0.2) is 46.8 Å². The second-order valence-electron chi connectivity index (χ2n) is 9.29. The van der Waals surface area contributed by atoms with Gasteiger partial charge in [-0.25, -0.2) is 15.8 Å². The summed E-state index contributed by atoms with van der Waals surface area (Å²) in [5.74, 6) is -0.776. The van der Waals surface area contributed by atoms with Crippen LogP contribution in [0.5, 0.6) is 0 Å². The highest BCUT2D eigenvalue weighted by Gasteiger charge is 2.53. The van der Waals surface area contributed by atoms with Crippen molar-refractivity contribution in [3.05, 3.63) is 76.4 Å². The molecule has 0 spiro atoms. The third-order valence-corrected chi connectivity index (χ3v) is 5.68. The summed E-state index contributed by atoms with van der Waals surface area (Å²) < 4.78 is 18.7. The number of benzene rings is 2. The van der Waals surface area contributed by atoms with Crippen molar-refractivity contribution in [3.8, 4) is 0 Å². The molecule has 1 N–H and O–H groups in total. The Morgan fingerprint density at radius 3 is 2.61 bits per heavy atom. The van der Waals surface area contributed by atoms with E-state index in [2.05, 4.69) is 15.2 Å². The van der Waals surface area contributed by atoms with Crippen molar-refractivity contribution >= 4 is 23.4 Å². The van der Waals surface area contributed by atoms with E-state index in [4.69, 9.17) is 11.3 Å². The second kappa shape index (κ2) is 8.32. The molecular formula is C25H25FN4O3. The monoisotopic (exact) mass is 448 g/mol. The Hall–Kier alpha value is -3.73. The number of aliphatic imine (C=N–C) groups is 1. The number of nitrogens with one attached hydrogen (secondary N) is 1. The van der Waals surface area contributed by atoms with Gasteiger partial charge < -0.3 is 10.1 Å². The first-order valence-electron chi connectivity index (χ1n) is 10.7. The van der Waals surface area contributed by atoms with Crippen molar-refractivity contribution in [1.82, 2.24) is 4.90 Å². The zero-order valence-corrected chi connectivity index (χ0v) is 18.8.